The molecular weight excluding hydrogens is 262 g/mol. The number of hydrogen-bond donors (Lipinski definition) is 3. The Kier molecular flexibility index (Phi) is 6.12. The lowest BCUT2D eigenvalue weighted by atomic mass is 10.1. The van der Waals surface area contributed by atoms with Gasteiger partial charge in [0.25, 0.3) is 0 Å². The average Bonchev–Trinajstić information content (AvgIpc) is 2.49. The van der Waals surface area contributed by atoms with Crippen LogP contribution in [0.2, 0.25) is 0 Å². The molecule has 0 spiro atoms. The topological polar surface area (TPSA) is 107 Å². The average molecular weight is 277 g/mol. The monoisotopic (exact) mass is 277 g/mol. The molecule has 0 bridgehead atoms. The second-order valence-electron chi connectivity index (χ2n) is 3.98. The van der Waals surface area contributed by atoms with Gasteiger partial charge in [0.15, 0.2) is 6.10 Å². The van der Waals surface area contributed by atoms with Crippen LogP contribution in [-0.4, -0.2) is 33.5 Å². The zero-order valence-electron chi connectivity index (χ0n) is 10.6. The van der Waals surface area contributed by atoms with Crippen LogP contribution in [0.1, 0.15) is 24.5 Å². The largest absolute Gasteiger partial charge is 0.479 e. The maximum Gasteiger partial charge on any atom is 0.337 e. The van der Waals surface area contributed by atoms with Crippen molar-refractivity contribution in [3.8, 4) is 0 Å². The highest BCUT2D eigenvalue weighted by atomic mass is 16.4. The van der Waals surface area contributed by atoms with E-state index in [1.54, 1.807) is 36.5 Å². The zero-order valence-corrected chi connectivity index (χ0v) is 10.6. The molecule has 106 valence electrons. The smallest absolute Gasteiger partial charge is 0.337 e. The van der Waals surface area contributed by atoms with Crippen molar-refractivity contribution in [1.29, 1.82) is 0 Å². The first-order valence-electron chi connectivity index (χ1n) is 5.92. The summed E-state index contributed by atoms with van der Waals surface area (Å²) >= 11 is 0. The predicted molar refractivity (Wildman–Crippen MR) is 72.5 cm³/mol. The van der Waals surface area contributed by atoms with Crippen molar-refractivity contribution in [2.24, 2.45) is 4.99 Å². The quantitative estimate of drug-likeness (QED) is 0.778. The molecule has 1 aromatic carbocycles. The highest BCUT2D eigenvalue weighted by Crippen LogP contribution is 2.11. The molecule has 1 aromatic rings. The molecule has 0 fully saturated rings. The molecule has 1 aliphatic heterocycles. The summed E-state index contributed by atoms with van der Waals surface area (Å²) in [4.78, 5) is 24.2. The Labute approximate surface area is 115 Å². The zero-order chi connectivity index (χ0) is 15.0. The maximum absolute atomic E-state index is 10.2. The molecule has 1 atom stereocenters. The van der Waals surface area contributed by atoms with Crippen molar-refractivity contribution in [3.05, 3.63) is 47.7 Å². The lowest BCUT2D eigenvalue weighted by molar-refractivity contribution is -0.147. The number of nitrogens with zero attached hydrogens (tertiary/aromatic N) is 1. The van der Waals surface area contributed by atoms with E-state index in [1.807, 2.05) is 0 Å². The van der Waals surface area contributed by atoms with E-state index >= 15 is 0 Å². The van der Waals surface area contributed by atoms with Gasteiger partial charge in [-0.15, -0.1) is 0 Å². The number of carboxylic acid groups (broad SMARTS) is 2. The first kappa shape index (κ1) is 15.6. The van der Waals surface area contributed by atoms with E-state index in [0.717, 1.165) is 6.42 Å². The minimum Gasteiger partial charge on any atom is -0.479 e. The molecule has 0 radical (unpaired) electrons. The minimum absolute atomic E-state index is 0.400. The van der Waals surface area contributed by atoms with Crippen molar-refractivity contribution in [1.82, 2.24) is 0 Å². The van der Waals surface area contributed by atoms with Gasteiger partial charge in [0.2, 0.25) is 0 Å². The van der Waals surface area contributed by atoms with Gasteiger partial charge < -0.3 is 15.3 Å². The second kappa shape index (κ2) is 7.85. The summed E-state index contributed by atoms with van der Waals surface area (Å²) in [5.41, 5.74) is 0.803. The van der Waals surface area contributed by atoms with Gasteiger partial charge in [-0.3, -0.25) is 4.99 Å². The van der Waals surface area contributed by atoms with Gasteiger partial charge in [0.1, 0.15) is 0 Å². The van der Waals surface area contributed by atoms with Crippen LogP contribution in [-0.2, 0) is 9.59 Å². The van der Waals surface area contributed by atoms with Crippen LogP contribution in [0, 0.1) is 0 Å². The van der Waals surface area contributed by atoms with Gasteiger partial charge in [0, 0.05) is 12.4 Å². The van der Waals surface area contributed by atoms with E-state index in [0.29, 0.717) is 17.6 Å². The van der Waals surface area contributed by atoms with Crippen LogP contribution in [0.3, 0.4) is 0 Å². The molecular formula is C14H15NO5. The number of carboxylic acids is 2. The van der Waals surface area contributed by atoms with E-state index in [1.165, 1.54) is 6.20 Å². The van der Waals surface area contributed by atoms with Crippen molar-refractivity contribution in [2.45, 2.75) is 18.9 Å². The Morgan fingerprint density at radius 1 is 1.15 bits per heavy atom. The summed E-state index contributed by atoms with van der Waals surface area (Å²) < 4.78 is 0. The summed E-state index contributed by atoms with van der Waals surface area (Å²) in [5, 5.41) is 25.8. The SMILES string of the molecule is O=C(O)C1=CN=CCC1.O=C(O)[C@H](O)c1ccccc1. The van der Waals surface area contributed by atoms with Gasteiger partial charge in [-0.25, -0.2) is 9.59 Å². The molecule has 0 aliphatic carbocycles. The standard InChI is InChI=1S/C8H8O3.C6H7NO2/c9-7(8(10)11)6-4-2-1-3-5-6;8-6(9)5-2-1-3-7-4-5/h1-5,7,9H,(H,10,11);3-4H,1-2H2,(H,8,9)/t7-;/m1./s1. The Hall–Kier alpha value is -2.47. The van der Waals surface area contributed by atoms with Crippen molar-refractivity contribution >= 4 is 18.2 Å². The Balaban J connectivity index is 0.000000204. The van der Waals surface area contributed by atoms with Gasteiger partial charge in [-0.05, 0) is 18.4 Å². The molecule has 0 aromatic heterocycles. The number of carbonyl (C=O) groups is 2. The first-order chi connectivity index (χ1) is 9.52. The van der Waals surface area contributed by atoms with E-state index in [2.05, 4.69) is 4.99 Å². The third kappa shape index (κ3) is 5.03. The maximum atomic E-state index is 10.2. The van der Waals surface area contributed by atoms with Crippen molar-refractivity contribution in [3.63, 3.8) is 0 Å². The lowest BCUT2D eigenvalue weighted by Gasteiger charge is -2.03. The number of aliphatic hydroxyl groups excluding tert-OH is 1. The molecule has 0 saturated heterocycles. The number of aliphatic hydroxyl groups is 1. The van der Waals surface area contributed by atoms with Crippen LogP contribution in [0.5, 0.6) is 0 Å². The van der Waals surface area contributed by atoms with E-state index in [-0.39, 0.29) is 0 Å². The van der Waals surface area contributed by atoms with Crippen LogP contribution >= 0.6 is 0 Å². The fraction of sp³-hybridized carbons (Fsp3) is 0.214. The van der Waals surface area contributed by atoms with Crippen LogP contribution in [0.25, 0.3) is 0 Å². The number of aliphatic imine (C=N–C) groups is 1. The lowest BCUT2D eigenvalue weighted by Crippen LogP contribution is -2.09. The highest BCUT2D eigenvalue weighted by Gasteiger charge is 2.14. The summed E-state index contributed by atoms with van der Waals surface area (Å²) in [6, 6.07) is 8.26. The normalized spacial score (nSPS) is 14.6. The van der Waals surface area contributed by atoms with Gasteiger partial charge in [0.05, 0.1) is 5.57 Å². The molecule has 6 heteroatoms. The van der Waals surface area contributed by atoms with Crippen molar-refractivity contribution < 1.29 is 24.9 Å². The Bertz CT molecular complexity index is 522. The first-order valence-corrected chi connectivity index (χ1v) is 5.92. The molecule has 2 rings (SSSR count). The van der Waals surface area contributed by atoms with Crippen LogP contribution < -0.4 is 0 Å². The number of rotatable bonds is 3. The van der Waals surface area contributed by atoms with Crippen molar-refractivity contribution in [2.75, 3.05) is 0 Å². The Morgan fingerprint density at radius 3 is 2.20 bits per heavy atom. The van der Waals surface area contributed by atoms with Gasteiger partial charge >= 0.3 is 11.9 Å². The molecule has 1 aliphatic rings. The molecule has 0 unspecified atom stereocenters. The van der Waals surface area contributed by atoms with Gasteiger partial charge in [-0.2, -0.15) is 0 Å². The molecule has 0 amide bonds. The molecule has 6 nitrogen and oxygen atoms in total. The summed E-state index contributed by atoms with van der Waals surface area (Å²) in [6.07, 6.45) is 3.06. The van der Waals surface area contributed by atoms with Gasteiger partial charge in [-0.1, -0.05) is 30.3 Å². The summed E-state index contributed by atoms with van der Waals surface area (Å²) in [6.45, 7) is 0. The second-order valence-corrected chi connectivity index (χ2v) is 3.98. The van der Waals surface area contributed by atoms with Crippen LogP contribution in [0.4, 0.5) is 0 Å². The minimum atomic E-state index is -1.41. The molecule has 0 saturated carbocycles. The number of benzene rings is 1. The third-order valence-corrected chi connectivity index (χ3v) is 2.50. The van der Waals surface area contributed by atoms with E-state index < -0.39 is 18.0 Å². The number of aliphatic carboxylic acids is 2. The number of hydrogen-bond acceptors (Lipinski definition) is 4. The third-order valence-electron chi connectivity index (χ3n) is 2.50. The molecule has 20 heavy (non-hydrogen) atoms. The van der Waals surface area contributed by atoms with Crippen LogP contribution in [0.15, 0.2) is 47.1 Å². The summed E-state index contributed by atoms with van der Waals surface area (Å²) in [5.74, 6) is -2.08. The van der Waals surface area contributed by atoms with E-state index in [4.69, 9.17) is 15.3 Å². The summed E-state index contributed by atoms with van der Waals surface area (Å²) in [7, 11) is 0. The predicted octanol–water partition coefficient (Wildman–Crippen LogP) is 1.62. The molecule has 3 N–H and O–H groups in total. The fourth-order valence-electron chi connectivity index (χ4n) is 1.44. The highest BCUT2D eigenvalue weighted by molar-refractivity contribution is 5.88. The van der Waals surface area contributed by atoms with E-state index in [9.17, 15) is 9.59 Å². The fourth-order valence-corrected chi connectivity index (χ4v) is 1.44. The molecule has 1 heterocycles. The Morgan fingerprint density at radius 2 is 1.80 bits per heavy atom.